The second-order valence-electron chi connectivity index (χ2n) is 3.06. The van der Waals surface area contributed by atoms with Crippen LogP contribution in [0.3, 0.4) is 0 Å². The third kappa shape index (κ3) is 2.60. The quantitative estimate of drug-likeness (QED) is 0.727. The lowest BCUT2D eigenvalue weighted by Gasteiger charge is -2.13. The molecule has 0 aromatic heterocycles. The maximum atomic E-state index is 9.70. The van der Waals surface area contributed by atoms with Crippen molar-refractivity contribution in [3.05, 3.63) is 42.5 Å². The van der Waals surface area contributed by atoms with E-state index in [1.165, 1.54) is 0 Å². The van der Waals surface area contributed by atoms with Crippen LogP contribution in [0.4, 0.5) is 0 Å². The standard InChI is InChI=1S/C12H16O2/c1-3-9-14-12-8-6-5-7-10(12)11(13)4-2/h3,5-8,11,13H,1,4,9H2,2H3/t11-/m1/s1. The molecule has 0 fully saturated rings. The Hall–Kier alpha value is -1.28. The van der Waals surface area contributed by atoms with Gasteiger partial charge in [-0.15, -0.1) is 0 Å². The Bertz CT molecular complexity index is 294. The zero-order chi connectivity index (χ0) is 10.4. The molecule has 0 saturated heterocycles. The van der Waals surface area contributed by atoms with Crippen molar-refractivity contribution in [1.29, 1.82) is 0 Å². The topological polar surface area (TPSA) is 29.5 Å². The fraction of sp³-hybridized carbons (Fsp3) is 0.333. The van der Waals surface area contributed by atoms with Gasteiger partial charge in [0, 0.05) is 5.56 Å². The van der Waals surface area contributed by atoms with Crippen molar-refractivity contribution in [3.63, 3.8) is 0 Å². The van der Waals surface area contributed by atoms with Crippen LogP contribution in [0.2, 0.25) is 0 Å². The van der Waals surface area contributed by atoms with Crippen molar-refractivity contribution >= 4 is 0 Å². The van der Waals surface area contributed by atoms with Gasteiger partial charge in [-0.25, -0.2) is 0 Å². The lowest BCUT2D eigenvalue weighted by atomic mass is 10.1. The predicted octanol–water partition coefficient (Wildman–Crippen LogP) is 2.69. The molecule has 1 aromatic carbocycles. The highest BCUT2D eigenvalue weighted by molar-refractivity contribution is 5.35. The fourth-order valence-electron chi connectivity index (χ4n) is 1.26. The normalized spacial score (nSPS) is 12.1. The van der Waals surface area contributed by atoms with Gasteiger partial charge in [0.25, 0.3) is 0 Å². The molecule has 0 spiro atoms. The van der Waals surface area contributed by atoms with E-state index in [1.807, 2.05) is 31.2 Å². The molecule has 76 valence electrons. The molecule has 1 atom stereocenters. The van der Waals surface area contributed by atoms with E-state index in [0.717, 1.165) is 11.3 Å². The van der Waals surface area contributed by atoms with Crippen LogP contribution in [0.25, 0.3) is 0 Å². The smallest absolute Gasteiger partial charge is 0.125 e. The summed E-state index contributed by atoms with van der Waals surface area (Å²) in [5, 5.41) is 9.70. The second-order valence-corrected chi connectivity index (χ2v) is 3.06. The van der Waals surface area contributed by atoms with Crippen LogP contribution in [0.15, 0.2) is 36.9 Å². The Morgan fingerprint density at radius 1 is 1.50 bits per heavy atom. The van der Waals surface area contributed by atoms with Gasteiger partial charge in [-0.1, -0.05) is 37.8 Å². The second kappa shape index (κ2) is 5.45. The molecule has 0 radical (unpaired) electrons. The molecule has 0 bridgehead atoms. The van der Waals surface area contributed by atoms with Gasteiger partial charge in [0.1, 0.15) is 12.4 Å². The molecule has 0 unspecified atom stereocenters. The summed E-state index contributed by atoms with van der Waals surface area (Å²) < 4.78 is 5.43. The van der Waals surface area contributed by atoms with Gasteiger partial charge in [-0.3, -0.25) is 0 Å². The van der Waals surface area contributed by atoms with Crippen molar-refractivity contribution in [2.75, 3.05) is 6.61 Å². The van der Waals surface area contributed by atoms with E-state index in [1.54, 1.807) is 6.08 Å². The van der Waals surface area contributed by atoms with Crippen LogP contribution in [-0.2, 0) is 0 Å². The maximum absolute atomic E-state index is 9.70. The number of ether oxygens (including phenoxy) is 1. The summed E-state index contributed by atoms with van der Waals surface area (Å²) in [4.78, 5) is 0. The largest absolute Gasteiger partial charge is 0.489 e. The summed E-state index contributed by atoms with van der Waals surface area (Å²) in [5.41, 5.74) is 0.844. The van der Waals surface area contributed by atoms with Crippen LogP contribution in [0.1, 0.15) is 25.0 Å². The minimum atomic E-state index is -0.448. The Balaban J connectivity index is 2.84. The van der Waals surface area contributed by atoms with E-state index >= 15 is 0 Å². The molecule has 0 heterocycles. The molecule has 2 heteroatoms. The number of para-hydroxylation sites is 1. The highest BCUT2D eigenvalue weighted by atomic mass is 16.5. The third-order valence-corrected chi connectivity index (χ3v) is 2.02. The van der Waals surface area contributed by atoms with Crippen LogP contribution in [-0.4, -0.2) is 11.7 Å². The monoisotopic (exact) mass is 192 g/mol. The molecular weight excluding hydrogens is 176 g/mol. The Morgan fingerprint density at radius 3 is 2.86 bits per heavy atom. The van der Waals surface area contributed by atoms with Gasteiger partial charge in [0.2, 0.25) is 0 Å². The first-order chi connectivity index (χ1) is 6.79. The average Bonchev–Trinajstić information content (AvgIpc) is 2.25. The molecule has 0 aliphatic carbocycles. The van der Waals surface area contributed by atoms with Gasteiger partial charge in [-0.2, -0.15) is 0 Å². The van der Waals surface area contributed by atoms with Crippen molar-refractivity contribution in [2.24, 2.45) is 0 Å². The van der Waals surface area contributed by atoms with E-state index in [-0.39, 0.29) is 0 Å². The lowest BCUT2D eigenvalue weighted by molar-refractivity contribution is 0.168. The molecule has 0 saturated carbocycles. The summed E-state index contributed by atoms with van der Waals surface area (Å²) in [6.07, 6.45) is 1.93. The van der Waals surface area contributed by atoms with Crippen LogP contribution < -0.4 is 4.74 Å². The van der Waals surface area contributed by atoms with Gasteiger partial charge in [-0.05, 0) is 12.5 Å². The first-order valence-electron chi connectivity index (χ1n) is 4.80. The van der Waals surface area contributed by atoms with Gasteiger partial charge >= 0.3 is 0 Å². The van der Waals surface area contributed by atoms with Crippen molar-refractivity contribution in [1.82, 2.24) is 0 Å². The predicted molar refractivity (Wildman–Crippen MR) is 57.4 cm³/mol. The summed E-state index contributed by atoms with van der Waals surface area (Å²) in [7, 11) is 0. The lowest BCUT2D eigenvalue weighted by Crippen LogP contribution is -2.01. The van der Waals surface area contributed by atoms with E-state index in [4.69, 9.17) is 4.74 Å². The van der Waals surface area contributed by atoms with Gasteiger partial charge in [0.15, 0.2) is 0 Å². The maximum Gasteiger partial charge on any atom is 0.125 e. The summed E-state index contributed by atoms with van der Waals surface area (Å²) in [6, 6.07) is 7.53. The minimum Gasteiger partial charge on any atom is -0.489 e. The molecular formula is C12H16O2. The molecule has 0 aliphatic rings. The number of aliphatic hydroxyl groups is 1. The highest BCUT2D eigenvalue weighted by Gasteiger charge is 2.09. The molecule has 14 heavy (non-hydrogen) atoms. The van der Waals surface area contributed by atoms with Crippen molar-refractivity contribution in [3.8, 4) is 5.75 Å². The Kier molecular flexibility index (Phi) is 4.20. The number of aliphatic hydroxyl groups excluding tert-OH is 1. The van der Waals surface area contributed by atoms with Crippen molar-refractivity contribution < 1.29 is 9.84 Å². The number of rotatable bonds is 5. The fourth-order valence-corrected chi connectivity index (χ4v) is 1.26. The van der Waals surface area contributed by atoms with Gasteiger partial charge < -0.3 is 9.84 Å². The van der Waals surface area contributed by atoms with Gasteiger partial charge in [0.05, 0.1) is 6.10 Å². The zero-order valence-corrected chi connectivity index (χ0v) is 8.44. The molecule has 1 rings (SSSR count). The van der Waals surface area contributed by atoms with E-state index in [0.29, 0.717) is 13.0 Å². The van der Waals surface area contributed by atoms with Crippen molar-refractivity contribution in [2.45, 2.75) is 19.4 Å². The SMILES string of the molecule is C=CCOc1ccccc1[C@H](O)CC. The average molecular weight is 192 g/mol. The molecule has 2 nitrogen and oxygen atoms in total. The first kappa shape index (κ1) is 10.8. The zero-order valence-electron chi connectivity index (χ0n) is 8.44. The summed E-state index contributed by atoms with van der Waals surface area (Å²) >= 11 is 0. The van der Waals surface area contributed by atoms with E-state index in [9.17, 15) is 5.11 Å². The first-order valence-corrected chi connectivity index (χ1v) is 4.80. The highest BCUT2D eigenvalue weighted by Crippen LogP contribution is 2.26. The molecule has 0 amide bonds. The van der Waals surface area contributed by atoms with Crippen LogP contribution in [0.5, 0.6) is 5.75 Å². The van der Waals surface area contributed by atoms with E-state index in [2.05, 4.69) is 6.58 Å². The number of hydrogen-bond donors (Lipinski definition) is 1. The third-order valence-electron chi connectivity index (χ3n) is 2.02. The number of benzene rings is 1. The Labute approximate surface area is 84.8 Å². The molecule has 1 N–H and O–H groups in total. The van der Waals surface area contributed by atoms with Crippen LogP contribution >= 0.6 is 0 Å². The molecule has 0 aliphatic heterocycles. The van der Waals surface area contributed by atoms with Crippen LogP contribution in [0, 0.1) is 0 Å². The Morgan fingerprint density at radius 2 is 2.21 bits per heavy atom. The van der Waals surface area contributed by atoms with E-state index < -0.39 is 6.10 Å². The number of hydrogen-bond acceptors (Lipinski definition) is 2. The minimum absolute atomic E-state index is 0.448. The summed E-state index contributed by atoms with van der Waals surface area (Å²) in [6.45, 7) is 5.99. The molecule has 1 aromatic rings. The summed E-state index contributed by atoms with van der Waals surface area (Å²) in [5.74, 6) is 0.738.